The van der Waals surface area contributed by atoms with E-state index in [-0.39, 0.29) is 5.76 Å². The number of esters is 1. The molecule has 2 aromatic heterocycles. The van der Waals surface area contributed by atoms with Crippen molar-refractivity contribution in [3.63, 3.8) is 0 Å². The summed E-state index contributed by atoms with van der Waals surface area (Å²) in [7, 11) is 1.32. The Bertz CT molecular complexity index is 757. The van der Waals surface area contributed by atoms with E-state index in [1.165, 1.54) is 30.8 Å². The minimum absolute atomic E-state index is 0.275. The van der Waals surface area contributed by atoms with Crippen molar-refractivity contribution in [1.29, 1.82) is 0 Å². The summed E-state index contributed by atoms with van der Waals surface area (Å²) in [4.78, 5) is 24.6. The predicted octanol–water partition coefficient (Wildman–Crippen LogP) is 3.56. The SMILES string of the molecule is C=Cc1sc(C(=O)OC)cc1-c1cnn(C(=O)OC(=C)C)c1. The maximum absolute atomic E-state index is 11.7. The maximum atomic E-state index is 11.7. The first-order valence-corrected chi connectivity index (χ1v) is 7.05. The first-order valence-electron chi connectivity index (χ1n) is 6.23. The molecule has 0 saturated carbocycles. The van der Waals surface area contributed by atoms with Crippen LogP contribution in [0.5, 0.6) is 0 Å². The largest absolute Gasteiger partial charge is 0.465 e. The maximum Gasteiger partial charge on any atom is 0.439 e. The van der Waals surface area contributed by atoms with Gasteiger partial charge in [0.1, 0.15) is 4.88 Å². The first kappa shape index (κ1) is 15.7. The average molecular weight is 318 g/mol. The topological polar surface area (TPSA) is 70.4 Å². The molecule has 7 heteroatoms. The van der Waals surface area contributed by atoms with Crippen molar-refractivity contribution >= 4 is 29.5 Å². The second-order valence-corrected chi connectivity index (χ2v) is 5.41. The van der Waals surface area contributed by atoms with Crippen molar-refractivity contribution in [2.75, 3.05) is 7.11 Å². The minimum atomic E-state index is -0.651. The molecule has 0 aromatic carbocycles. The molecule has 2 heterocycles. The summed E-state index contributed by atoms with van der Waals surface area (Å²) >= 11 is 1.26. The molecule has 0 fully saturated rings. The van der Waals surface area contributed by atoms with Crippen molar-refractivity contribution in [1.82, 2.24) is 9.78 Å². The standard InChI is InChI=1S/C15H14N2O4S/c1-5-12-11(6-13(22-12)14(18)20-4)10-7-16-17(8-10)15(19)21-9(2)3/h5-8H,1-2H2,3-4H3. The molecule has 0 N–H and O–H groups in total. The van der Waals surface area contributed by atoms with Crippen LogP contribution in [0.25, 0.3) is 17.2 Å². The van der Waals surface area contributed by atoms with Gasteiger partial charge in [-0.2, -0.15) is 9.78 Å². The van der Waals surface area contributed by atoms with Gasteiger partial charge >= 0.3 is 12.1 Å². The number of aromatic nitrogens is 2. The monoisotopic (exact) mass is 318 g/mol. The van der Waals surface area contributed by atoms with E-state index in [0.29, 0.717) is 10.4 Å². The highest BCUT2D eigenvalue weighted by molar-refractivity contribution is 7.15. The number of carbonyl (C=O) groups is 2. The Morgan fingerprint density at radius 1 is 1.45 bits per heavy atom. The lowest BCUT2D eigenvalue weighted by molar-refractivity contribution is 0.0606. The van der Waals surface area contributed by atoms with Gasteiger partial charge in [-0.15, -0.1) is 11.3 Å². The normalized spacial score (nSPS) is 10.1. The predicted molar refractivity (Wildman–Crippen MR) is 83.7 cm³/mol. The van der Waals surface area contributed by atoms with Crippen LogP contribution >= 0.6 is 11.3 Å². The minimum Gasteiger partial charge on any atom is -0.465 e. The van der Waals surface area contributed by atoms with Gasteiger partial charge in [-0.3, -0.25) is 0 Å². The van der Waals surface area contributed by atoms with Crippen molar-refractivity contribution in [2.24, 2.45) is 0 Å². The number of rotatable bonds is 4. The Balaban J connectivity index is 2.36. The molecule has 0 aliphatic heterocycles. The highest BCUT2D eigenvalue weighted by atomic mass is 32.1. The molecule has 2 aromatic rings. The smallest absolute Gasteiger partial charge is 0.439 e. The number of carbonyl (C=O) groups excluding carboxylic acids is 2. The third kappa shape index (κ3) is 3.15. The van der Waals surface area contributed by atoms with E-state index in [1.807, 2.05) is 0 Å². The van der Waals surface area contributed by atoms with E-state index in [9.17, 15) is 9.59 Å². The number of hydrogen-bond acceptors (Lipinski definition) is 6. The summed E-state index contributed by atoms with van der Waals surface area (Å²) in [5.41, 5.74) is 1.41. The average Bonchev–Trinajstić information content (AvgIpc) is 3.11. The zero-order valence-electron chi connectivity index (χ0n) is 12.2. The Morgan fingerprint density at radius 3 is 2.77 bits per heavy atom. The first-order chi connectivity index (χ1) is 10.5. The number of methoxy groups -OCH3 is 1. The molecule has 0 unspecified atom stereocenters. The third-order valence-corrected chi connectivity index (χ3v) is 3.79. The molecule has 2 rings (SSSR count). The highest BCUT2D eigenvalue weighted by Gasteiger charge is 2.17. The highest BCUT2D eigenvalue weighted by Crippen LogP contribution is 2.32. The molecule has 6 nitrogen and oxygen atoms in total. The quantitative estimate of drug-likeness (QED) is 0.637. The van der Waals surface area contributed by atoms with E-state index in [4.69, 9.17) is 9.47 Å². The number of hydrogen-bond donors (Lipinski definition) is 0. The van der Waals surface area contributed by atoms with E-state index in [0.717, 1.165) is 15.1 Å². The van der Waals surface area contributed by atoms with Crippen molar-refractivity contribution in [3.8, 4) is 11.1 Å². The Labute approximate surface area is 131 Å². The van der Waals surface area contributed by atoms with Gasteiger partial charge in [0.2, 0.25) is 0 Å². The molecule has 0 spiro atoms. The molecular weight excluding hydrogens is 304 g/mol. The van der Waals surface area contributed by atoms with Gasteiger partial charge in [0.15, 0.2) is 0 Å². The van der Waals surface area contributed by atoms with Gasteiger partial charge in [0.05, 0.1) is 19.1 Å². The van der Waals surface area contributed by atoms with Gasteiger partial charge in [0.25, 0.3) is 0 Å². The van der Waals surface area contributed by atoms with Crippen LogP contribution in [0.4, 0.5) is 4.79 Å². The fourth-order valence-corrected chi connectivity index (χ4v) is 2.69. The summed E-state index contributed by atoms with van der Waals surface area (Å²) in [5.74, 6) is -0.147. The van der Waals surface area contributed by atoms with Gasteiger partial charge in [0, 0.05) is 22.2 Å². The molecule has 22 heavy (non-hydrogen) atoms. The Hall–Kier alpha value is -2.67. The molecule has 114 valence electrons. The number of allylic oxidation sites excluding steroid dienone is 1. The number of nitrogens with zero attached hydrogens (tertiary/aromatic N) is 2. The molecule has 0 radical (unpaired) electrons. The van der Waals surface area contributed by atoms with Crippen LogP contribution in [0.2, 0.25) is 0 Å². The second-order valence-electron chi connectivity index (χ2n) is 4.33. The lowest BCUT2D eigenvalue weighted by Crippen LogP contribution is -2.12. The fourth-order valence-electron chi connectivity index (χ4n) is 1.74. The summed E-state index contributed by atoms with van der Waals surface area (Å²) < 4.78 is 10.6. The fraction of sp³-hybridized carbons (Fsp3) is 0.133. The number of thiophene rings is 1. The van der Waals surface area contributed by atoms with Crippen LogP contribution in [-0.2, 0) is 9.47 Å². The van der Waals surface area contributed by atoms with Crippen LogP contribution in [0, 0.1) is 0 Å². The Morgan fingerprint density at radius 2 is 2.18 bits per heavy atom. The van der Waals surface area contributed by atoms with Crippen LogP contribution in [0.3, 0.4) is 0 Å². The van der Waals surface area contributed by atoms with Crippen molar-refractivity contribution in [3.05, 3.63) is 47.1 Å². The summed E-state index contributed by atoms with van der Waals surface area (Å²) in [5, 5.41) is 3.95. The number of ether oxygens (including phenoxy) is 2. The molecule has 0 atom stereocenters. The van der Waals surface area contributed by atoms with Crippen molar-refractivity contribution in [2.45, 2.75) is 6.92 Å². The van der Waals surface area contributed by atoms with E-state index in [1.54, 1.807) is 19.1 Å². The third-order valence-electron chi connectivity index (χ3n) is 2.67. The molecule has 0 saturated heterocycles. The summed E-state index contributed by atoms with van der Waals surface area (Å²) in [6.07, 6.45) is 4.01. The van der Waals surface area contributed by atoms with Crippen LogP contribution < -0.4 is 0 Å². The lowest BCUT2D eigenvalue weighted by atomic mass is 10.1. The van der Waals surface area contributed by atoms with E-state index < -0.39 is 12.1 Å². The molecular formula is C15H14N2O4S. The molecule has 0 aliphatic rings. The summed E-state index contributed by atoms with van der Waals surface area (Å²) in [6, 6.07) is 1.68. The van der Waals surface area contributed by atoms with Crippen LogP contribution in [-0.4, -0.2) is 29.0 Å². The Kier molecular flexibility index (Phi) is 4.57. The second kappa shape index (κ2) is 6.40. The van der Waals surface area contributed by atoms with Crippen molar-refractivity contribution < 1.29 is 19.1 Å². The van der Waals surface area contributed by atoms with Gasteiger partial charge in [-0.1, -0.05) is 19.2 Å². The van der Waals surface area contributed by atoms with Crippen LogP contribution in [0.15, 0.2) is 37.4 Å². The lowest BCUT2D eigenvalue weighted by Gasteiger charge is -2.01. The molecule has 0 bridgehead atoms. The van der Waals surface area contributed by atoms with Gasteiger partial charge in [-0.25, -0.2) is 9.59 Å². The van der Waals surface area contributed by atoms with E-state index >= 15 is 0 Å². The van der Waals surface area contributed by atoms with Crippen LogP contribution in [0.1, 0.15) is 21.5 Å². The zero-order valence-corrected chi connectivity index (χ0v) is 13.0. The van der Waals surface area contributed by atoms with Gasteiger partial charge < -0.3 is 9.47 Å². The summed E-state index contributed by atoms with van der Waals surface area (Å²) in [6.45, 7) is 8.79. The zero-order chi connectivity index (χ0) is 16.3. The molecule has 0 aliphatic carbocycles. The van der Waals surface area contributed by atoms with E-state index in [2.05, 4.69) is 18.3 Å². The molecule has 0 amide bonds. The van der Waals surface area contributed by atoms with Gasteiger partial charge in [-0.05, 0) is 13.0 Å².